The number of halogens is 4. The zero-order valence-electron chi connectivity index (χ0n) is 15.0. The van der Waals surface area contributed by atoms with E-state index in [0.29, 0.717) is 28.2 Å². The summed E-state index contributed by atoms with van der Waals surface area (Å²) in [6.45, 7) is -1.02. The molecule has 3 rings (SSSR count). The summed E-state index contributed by atoms with van der Waals surface area (Å²) >= 11 is 0. The summed E-state index contributed by atoms with van der Waals surface area (Å²) in [5.74, 6) is -0.120. The number of carbonyl (C=O) groups excluding carboxylic acids is 1. The van der Waals surface area contributed by atoms with Crippen molar-refractivity contribution >= 4 is 17.5 Å². The first kappa shape index (κ1) is 20.3. The minimum atomic E-state index is -4.27. The molecule has 0 spiro atoms. The molecule has 0 aliphatic carbocycles. The Kier molecular flexibility index (Phi) is 6.13. The van der Waals surface area contributed by atoms with Gasteiger partial charge in [0.25, 0.3) is 0 Å². The average molecular weight is 407 g/mol. The molecule has 2 aromatic carbocycles. The number of hydrogen-bond donors (Lipinski definition) is 4. The molecule has 0 aliphatic rings. The second kappa shape index (κ2) is 8.74. The summed E-state index contributed by atoms with van der Waals surface area (Å²) < 4.78 is 49.8. The summed E-state index contributed by atoms with van der Waals surface area (Å²) in [4.78, 5) is 12.2. The van der Waals surface area contributed by atoms with Gasteiger partial charge in [-0.15, -0.1) is 0 Å². The fourth-order valence-electron chi connectivity index (χ4n) is 2.59. The van der Waals surface area contributed by atoms with Gasteiger partial charge in [0.05, 0.1) is 12.7 Å². The van der Waals surface area contributed by atoms with Crippen LogP contribution in [-0.4, -0.2) is 28.9 Å². The molecule has 2 amide bonds. The van der Waals surface area contributed by atoms with Crippen molar-refractivity contribution in [2.75, 3.05) is 17.2 Å². The van der Waals surface area contributed by atoms with Crippen LogP contribution in [0.3, 0.4) is 0 Å². The van der Waals surface area contributed by atoms with E-state index in [9.17, 15) is 22.4 Å². The Morgan fingerprint density at radius 3 is 2.52 bits per heavy atom. The first-order valence-electron chi connectivity index (χ1n) is 8.54. The highest BCUT2D eigenvalue weighted by molar-refractivity contribution is 6.01. The summed E-state index contributed by atoms with van der Waals surface area (Å²) in [5.41, 5.74) is 2.16. The van der Waals surface area contributed by atoms with E-state index in [1.54, 1.807) is 36.4 Å². The summed E-state index contributed by atoms with van der Waals surface area (Å²) in [6.07, 6.45) is -2.80. The molecule has 0 fully saturated rings. The molecule has 0 saturated heterocycles. The molecule has 0 unspecified atom stereocenters. The van der Waals surface area contributed by atoms with Crippen LogP contribution in [0.5, 0.6) is 0 Å². The van der Waals surface area contributed by atoms with Gasteiger partial charge in [-0.3, -0.25) is 10.4 Å². The Bertz CT molecular complexity index is 969. The Morgan fingerprint density at radius 1 is 1.07 bits per heavy atom. The van der Waals surface area contributed by atoms with E-state index in [4.69, 9.17) is 0 Å². The van der Waals surface area contributed by atoms with E-state index >= 15 is 0 Å². The number of hydrogen-bond acceptors (Lipinski definition) is 3. The van der Waals surface area contributed by atoms with Crippen LogP contribution < -0.4 is 16.0 Å². The number of anilines is 2. The molecule has 0 atom stereocenters. The van der Waals surface area contributed by atoms with Crippen molar-refractivity contribution in [2.45, 2.75) is 12.7 Å². The molecule has 6 nitrogen and oxygen atoms in total. The second-order valence-electron chi connectivity index (χ2n) is 6.16. The van der Waals surface area contributed by atoms with Crippen LogP contribution in [0.1, 0.15) is 5.56 Å². The van der Waals surface area contributed by atoms with Crippen LogP contribution in [0, 0.1) is 5.82 Å². The van der Waals surface area contributed by atoms with Crippen LogP contribution in [0.25, 0.3) is 11.1 Å². The fraction of sp³-hybridized carbons (Fsp3) is 0.158. The van der Waals surface area contributed by atoms with Gasteiger partial charge in [0, 0.05) is 17.8 Å². The van der Waals surface area contributed by atoms with Crippen LogP contribution in [0.4, 0.5) is 33.9 Å². The highest BCUT2D eigenvalue weighted by Gasteiger charge is 2.26. The SMILES string of the molecule is O=C(Nc1ccc(CNCC(F)(F)F)cc1)Nc1[nH]ncc1-c1cccc(F)c1. The molecule has 3 aromatic rings. The highest BCUT2D eigenvalue weighted by atomic mass is 19.4. The Morgan fingerprint density at radius 2 is 1.83 bits per heavy atom. The summed E-state index contributed by atoms with van der Waals surface area (Å²) in [5, 5.41) is 14.0. The molecule has 29 heavy (non-hydrogen) atoms. The Balaban J connectivity index is 1.57. The van der Waals surface area contributed by atoms with Gasteiger partial charge < -0.3 is 10.6 Å². The van der Waals surface area contributed by atoms with Crippen molar-refractivity contribution < 1.29 is 22.4 Å². The predicted octanol–water partition coefficient (Wildman–Crippen LogP) is 4.51. The van der Waals surface area contributed by atoms with E-state index in [-0.39, 0.29) is 6.54 Å². The average Bonchev–Trinajstić information content (AvgIpc) is 3.10. The third-order valence-corrected chi connectivity index (χ3v) is 3.88. The Hall–Kier alpha value is -3.40. The number of benzene rings is 2. The van der Waals surface area contributed by atoms with Gasteiger partial charge in [0.2, 0.25) is 0 Å². The number of rotatable bonds is 6. The number of nitrogens with zero attached hydrogens (tertiary/aromatic N) is 1. The third-order valence-electron chi connectivity index (χ3n) is 3.88. The maximum absolute atomic E-state index is 13.4. The van der Waals surface area contributed by atoms with Gasteiger partial charge >= 0.3 is 12.2 Å². The highest BCUT2D eigenvalue weighted by Crippen LogP contribution is 2.26. The van der Waals surface area contributed by atoms with Crippen molar-refractivity contribution in [1.29, 1.82) is 0 Å². The van der Waals surface area contributed by atoms with E-state index < -0.39 is 24.6 Å². The largest absolute Gasteiger partial charge is 0.401 e. The van der Waals surface area contributed by atoms with Crippen LogP contribution in [0.2, 0.25) is 0 Å². The second-order valence-corrected chi connectivity index (χ2v) is 6.16. The number of nitrogens with one attached hydrogen (secondary N) is 4. The van der Waals surface area contributed by atoms with Gasteiger partial charge in [-0.25, -0.2) is 9.18 Å². The molecule has 0 aliphatic heterocycles. The van der Waals surface area contributed by atoms with Crippen molar-refractivity contribution in [2.24, 2.45) is 0 Å². The van der Waals surface area contributed by atoms with Crippen LogP contribution >= 0.6 is 0 Å². The molecule has 10 heteroatoms. The Labute approximate surface area is 163 Å². The lowest BCUT2D eigenvalue weighted by Crippen LogP contribution is -2.28. The van der Waals surface area contributed by atoms with Gasteiger partial charge in [-0.1, -0.05) is 24.3 Å². The van der Waals surface area contributed by atoms with E-state index in [1.165, 1.54) is 18.3 Å². The van der Waals surface area contributed by atoms with Crippen molar-refractivity contribution in [3.8, 4) is 11.1 Å². The van der Waals surface area contributed by atoms with Crippen molar-refractivity contribution in [3.63, 3.8) is 0 Å². The van der Waals surface area contributed by atoms with Gasteiger partial charge in [0.1, 0.15) is 11.6 Å². The molecule has 0 bridgehead atoms. The van der Waals surface area contributed by atoms with Gasteiger partial charge in [-0.05, 0) is 35.4 Å². The van der Waals surface area contributed by atoms with Crippen LogP contribution in [-0.2, 0) is 6.54 Å². The van der Waals surface area contributed by atoms with Gasteiger partial charge in [-0.2, -0.15) is 18.3 Å². The van der Waals surface area contributed by atoms with Crippen molar-refractivity contribution in [1.82, 2.24) is 15.5 Å². The zero-order valence-corrected chi connectivity index (χ0v) is 15.0. The molecule has 1 aromatic heterocycles. The first-order valence-corrected chi connectivity index (χ1v) is 8.54. The lowest BCUT2D eigenvalue weighted by Gasteiger charge is -2.10. The molecule has 4 N–H and O–H groups in total. The summed E-state index contributed by atoms with van der Waals surface area (Å²) in [7, 11) is 0. The smallest absolute Gasteiger partial charge is 0.308 e. The molecule has 152 valence electrons. The lowest BCUT2D eigenvalue weighted by atomic mass is 10.1. The molecular formula is C19H17F4N5O. The molecule has 0 radical (unpaired) electrons. The normalized spacial score (nSPS) is 11.3. The van der Waals surface area contributed by atoms with Crippen LogP contribution in [0.15, 0.2) is 54.7 Å². The van der Waals surface area contributed by atoms with Crippen molar-refractivity contribution in [3.05, 3.63) is 66.1 Å². The first-order chi connectivity index (χ1) is 13.8. The predicted molar refractivity (Wildman–Crippen MR) is 101 cm³/mol. The third kappa shape index (κ3) is 6.04. The number of aromatic amines is 1. The lowest BCUT2D eigenvalue weighted by molar-refractivity contribution is -0.125. The fourth-order valence-corrected chi connectivity index (χ4v) is 2.59. The van der Waals surface area contributed by atoms with Gasteiger partial charge in [0.15, 0.2) is 0 Å². The summed E-state index contributed by atoms with van der Waals surface area (Å²) in [6, 6.07) is 11.7. The standard InChI is InChI=1S/C19H17F4N5O/c20-14-3-1-2-13(8-14)16-10-25-28-17(16)27-18(29)26-15-6-4-12(5-7-15)9-24-11-19(21,22)23/h1-8,10,24H,9,11H2,(H3,25,26,27,28,29). The number of aromatic nitrogens is 2. The monoisotopic (exact) mass is 407 g/mol. The minimum absolute atomic E-state index is 0.0527. The number of amides is 2. The number of alkyl halides is 3. The van der Waals surface area contributed by atoms with E-state index in [0.717, 1.165) is 0 Å². The maximum Gasteiger partial charge on any atom is 0.401 e. The minimum Gasteiger partial charge on any atom is -0.308 e. The number of carbonyl (C=O) groups is 1. The molecule has 0 saturated carbocycles. The van der Waals surface area contributed by atoms with E-state index in [2.05, 4.69) is 26.1 Å². The topological polar surface area (TPSA) is 81.8 Å². The maximum atomic E-state index is 13.4. The quantitative estimate of drug-likeness (QED) is 0.454. The number of H-pyrrole nitrogens is 1. The van der Waals surface area contributed by atoms with E-state index in [1.807, 2.05) is 0 Å². The molecule has 1 heterocycles. The zero-order chi connectivity index (χ0) is 20.9. The molecular weight excluding hydrogens is 390 g/mol. The number of urea groups is 1.